The van der Waals surface area contributed by atoms with Crippen molar-refractivity contribution in [3.63, 3.8) is 0 Å². The van der Waals surface area contributed by atoms with E-state index in [0.29, 0.717) is 5.92 Å². The SMILES string of the molecule is CC(C)c1ccccc1-c1cc2ccccc2cc1N(c1ccc(-c2ccccc2)cc1)c1ccc2c(c1)C(C)(C)c1cccc(-c3ccccc3)c1-2. The first-order chi connectivity index (χ1) is 25.9. The Morgan fingerprint density at radius 3 is 1.72 bits per heavy atom. The maximum absolute atomic E-state index is 2.49. The second kappa shape index (κ2) is 13.1. The van der Waals surface area contributed by atoms with Gasteiger partial charge in [0.15, 0.2) is 0 Å². The molecule has 0 bridgehead atoms. The molecular weight excluding hydrogens is 639 g/mol. The van der Waals surface area contributed by atoms with Gasteiger partial charge in [-0.3, -0.25) is 0 Å². The van der Waals surface area contributed by atoms with Crippen molar-refractivity contribution < 1.29 is 0 Å². The van der Waals surface area contributed by atoms with E-state index in [-0.39, 0.29) is 5.41 Å². The molecule has 8 aromatic rings. The van der Waals surface area contributed by atoms with Crippen molar-refractivity contribution in [3.05, 3.63) is 199 Å². The van der Waals surface area contributed by atoms with Gasteiger partial charge in [0.2, 0.25) is 0 Å². The lowest BCUT2D eigenvalue weighted by Gasteiger charge is -2.31. The molecule has 0 aliphatic heterocycles. The number of nitrogens with zero attached hydrogens (tertiary/aromatic N) is 1. The number of benzene rings is 8. The lowest BCUT2D eigenvalue weighted by Crippen LogP contribution is -2.17. The molecule has 0 amide bonds. The minimum Gasteiger partial charge on any atom is -0.310 e. The number of fused-ring (bicyclic) bond motifs is 4. The van der Waals surface area contributed by atoms with Crippen molar-refractivity contribution in [3.8, 4) is 44.5 Å². The second-order valence-corrected chi connectivity index (χ2v) is 15.2. The summed E-state index contributed by atoms with van der Waals surface area (Å²) < 4.78 is 0. The predicted molar refractivity (Wildman–Crippen MR) is 227 cm³/mol. The van der Waals surface area contributed by atoms with E-state index in [1.807, 2.05) is 0 Å². The van der Waals surface area contributed by atoms with Crippen LogP contribution in [0.4, 0.5) is 17.1 Å². The quantitative estimate of drug-likeness (QED) is 0.162. The third-order valence-corrected chi connectivity index (χ3v) is 11.2. The topological polar surface area (TPSA) is 3.24 Å². The van der Waals surface area contributed by atoms with Crippen LogP contribution in [-0.2, 0) is 5.41 Å². The van der Waals surface area contributed by atoms with Crippen LogP contribution in [-0.4, -0.2) is 0 Å². The molecule has 9 rings (SSSR count). The lowest BCUT2D eigenvalue weighted by atomic mass is 9.81. The average Bonchev–Trinajstić information content (AvgIpc) is 3.44. The molecule has 0 unspecified atom stereocenters. The fourth-order valence-corrected chi connectivity index (χ4v) is 8.51. The molecule has 53 heavy (non-hydrogen) atoms. The molecule has 8 aromatic carbocycles. The fraction of sp³-hybridized carbons (Fsp3) is 0.115. The molecule has 0 saturated heterocycles. The van der Waals surface area contributed by atoms with Gasteiger partial charge in [-0.15, -0.1) is 0 Å². The number of anilines is 3. The van der Waals surface area contributed by atoms with Crippen molar-refractivity contribution in [1.29, 1.82) is 0 Å². The number of rotatable bonds is 7. The Hall–Kier alpha value is -6.18. The number of hydrogen-bond acceptors (Lipinski definition) is 1. The van der Waals surface area contributed by atoms with Crippen LogP contribution in [0.1, 0.15) is 50.3 Å². The highest BCUT2D eigenvalue weighted by Gasteiger charge is 2.37. The van der Waals surface area contributed by atoms with Gasteiger partial charge in [-0.2, -0.15) is 0 Å². The van der Waals surface area contributed by atoms with E-state index in [1.54, 1.807) is 0 Å². The first kappa shape index (κ1) is 32.7. The molecule has 0 fully saturated rings. The van der Waals surface area contributed by atoms with Crippen LogP contribution in [0.15, 0.2) is 182 Å². The van der Waals surface area contributed by atoms with Crippen LogP contribution in [0.3, 0.4) is 0 Å². The highest BCUT2D eigenvalue weighted by atomic mass is 15.1. The van der Waals surface area contributed by atoms with Gasteiger partial charge in [0, 0.05) is 22.4 Å². The lowest BCUT2D eigenvalue weighted by molar-refractivity contribution is 0.660. The summed E-state index contributed by atoms with van der Waals surface area (Å²) in [6, 6.07) is 67.1. The maximum atomic E-state index is 2.49. The number of hydrogen-bond donors (Lipinski definition) is 0. The highest BCUT2D eigenvalue weighted by Crippen LogP contribution is 2.54. The van der Waals surface area contributed by atoms with E-state index in [9.17, 15) is 0 Å². The van der Waals surface area contributed by atoms with E-state index in [4.69, 9.17) is 0 Å². The monoisotopic (exact) mass is 681 g/mol. The average molecular weight is 682 g/mol. The van der Waals surface area contributed by atoms with Crippen molar-refractivity contribution in [2.24, 2.45) is 0 Å². The van der Waals surface area contributed by atoms with Crippen LogP contribution in [0.5, 0.6) is 0 Å². The molecular formula is C52H43N. The Morgan fingerprint density at radius 1 is 0.415 bits per heavy atom. The summed E-state index contributed by atoms with van der Waals surface area (Å²) in [5.74, 6) is 0.377. The molecule has 0 atom stereocenters. The Balaban J connectivity index is 1.29. The van der Waals surface area contributed by atoms with Gasteiger partial charge >= 0.3 is 0 Å². The summed E-state index contributed by atoms with van der Waals surface area (Å²) in [5, 5.41) is 2.46. The van der Waals surface area contributed by atoms with Gasteiger partial charge < -0.3 is 4.90 Å². The molecule has 256 valence electrons. The Morgan fingerprint density at radius 2 is 1.00 bits per heavy atom. The van der Waals surface area contributed by atoms with E-state index in [0.717, 1.165) is 11.4 Å². The first-order valence-electron chi connectivity index (χ1n) is 18.8. The van der Waals surface area contributed by atoms with Crippen LogP contribution in [0.2, 0.25) is 0 Å². The minimum atomic E-state index is -0.176. The molecule has 0 spiro atoms. The van der Waals surface area contributed by atoms with Crippen molar-refractivity contribution in [2.75, 3.05) is 4.90 Å². The first-order valence-corrected chi connectivity index (χ1v) is 18.8. The maximum Gasteiger partial charge on any atom is 0.0546 e. The van der Waals surface area contributed by atoms with Crippen LogP contribution < -0.4 is 4.90 Å². The Kier molecular flexibility index (Phi) is 8.09. The Bertz CT molecular complexity index is 2600. The van der Waals surface area contributed by atoms with Crippen molar-refractivity contribution in [2.45, 2.75) is 39.0 Å². The fourth-order valence-electron chi connectivity index (χ4n) is 8.51. The summed E-state index contributed by atoms with van der Waals surface area (Å²) in [6.45, 7) is 9.36. The zero-order valence-electron chi connectivity index (χ0n) is 30.8. The van der Waals surface area contributed by atoms with E-state index in [2.05, 4.69) is 215 Å². The molecule has 1 aliphatic rings. The van der Waals surface area contributed by atoms with Gasteiger partial charge in [0.1, 0.15) is 0 Å². The van der Waals surface area contributed by atoms with E-state index < -0.39 is 0 Å². The molecule has 0 saturated carbocycles. The van der Waals surface area contributed by atoms with Gasteiger partial charge in [-0.1, -0.05) is 173 Å². The summed E-state index contributed by atoms with van der Waals surface area (Å²) in [7, 11) is 0. The largest absolute Gasteiger partial charge is 0.310 e. The van der Waals surface area contributed by atoms with Gasteiger partial charge in [0.25, 0.3) is 0 Å². The molecule has 0 N–H and O–H groups in total. The molecule has 0 heterocycles. The van der Waals surface area contributed by atoms with Crippen LogP contribution in [0, 0.1) is 0 Å². The van der Waals surface area contributed by atoms with Gasteiger partial charge in [-0.05, 0) is 109 Å². The minimum absolute atomic E-state index is 0.176. The third kappa shape index (κ3) is 5.65. The van der Waals surface area contributed by atoms with Gasteiger partial charge in [0.05, 0.1) is 5.69 Å². The molecule has 0 radical (unpaired) electrons. The van der Waals surface area contributed by atoms with E-state index in [1.165, 1.54) is 77.7 Å². The van der Waals surface area contributed by atoms with E-state index >= 15 is 0 Å². The molecule has 0 aromatic heterocycles. The zero-order valence-corrected chi connectivity index (χ0v) is 30.8. The molecule has 1 heteroatoms. The summed E-state index contributed by atoms with van der Waals surface area (Å²) in [6.07, 6.45) is 0. The second-order valence-electron chi connectivity index (χ2n) is 15.2. The summed E-state index contributed by atoms with van der Waals surface area (Å²) >= 11 is 0. The van der Waals surface area contributed by atoms with Gasteiger partial charge in [-0.25, -0.2) is 0 Å². The third-order valence-electron chi connectivity index (χ3n) is 11.2. The summed E-state index contributed by atoms with van der Waals surface area (Å²) in [4.78, 5) is 2.49. The van der Waals surface area contributed by atoms with Crippen LogP contribution >= 0.6 is 0 Å². The highest BCUT2D eigenvalue weighted by molar-refractivity contribution is 6.00. The molecule has 1 nitrogen and oxygen atoms in total. The summed E-state index contributed by atoms with van der Waals surface area (Å²) in [5.41, 5.74) is 17.5. The Labute approximate surface area is 313 Å². The van der Waals surface area contributed by atoms with Crippen LogP contribution in [0.25, 0.3) is 55.3 Å². The van der Waals surface area contributed by atoms with Crippen molar-refractivity contribution in [1.82, 2.24) is 0 Å². The standard InChI is InChI=1S/C52H43N/c1-35(2)43-22-13-14-23-45(43)47-32-39-20-11-12-21-40(39)33-50(47)53(41-28-26-37(27-29-41)36-16-7-5-8-17-36)42-30-31-46-49(34-42)52(3,4)48-25-15-24-44(51(46)48)38-18-9-6-10-19-38/h5-35H,1-4H3. The van der Waals surface area contributed by atoms with Crippen molar-refractivity contribution >= 4 is 27.8 Å². The molecule has 1 aliphatic carbocycles. The predicted octanol–water partition coefficient (Wildman–Crippen LogP) is 14.7. The normalized spacial score (nSPS) is 12.8. The zero-order chi connectivity index (χ0) is 36.1. The smallest absolute Gasteiger partial charge is 0.0546 e.